The molecule has 2 aliphatic carbocycles. The fourth-order valence-electron chi connectivity index (χ4n) is 11.5. The first-order chi connectivity index (χ1) is 39.5. The van der Waals surface area contributed by atoms with Crippen LogP contribution in [0.4, 0.5) is 4.39 Å². The molecule has 0 radical (unpaired) electrons. The molecule has 85 heavy (non-hydrogen) atoms. The molecule has 484 valence electrons. The molecule has 3 rings (SSSR count). The van der Waals surface area contributed by atoms with Crippen LogP contribution >= 0.6 is 11.6 Å². The number of hydrogen-bond donors (Lipinski definition) is 4. The molecule has 1 saturated heterocycles. The molecule has 11 amide bonds. The van der Waals surface area contributed by atoms with E-state index in [0.717, 1.165) is 9.80 Å². The smallest absolute Gasteiger partial charge is 0.248 e. The number of nitrogens with zero attached hydrogens (tertiary/aromatic N) is 7. The average molecular weight is 1220 g/mol. The molecule has 0 spiro atoms. The Balaban J connectivity index is 2.14. The highest BCUT2D eigenvalue weighted by molar-refractivity contribution is 6.20. The normalized spacial score (nSPS) is 29.9. The van der Waals surface area contributed by atoms with E-state index in [2.05, 4.69) is 21.3 Å². The molecule has 1 aliphatic heterocycles. The minimum atomic E-state index is -1.64. The van der Waals surface area contributed by atoms with E-state index in [9.17, 15) is 57.1 Å². The van der Waals surface area contributed by atoms with Crippen LogP contribution in [0.25, 0.3) is 0 Å². The second-order valence-corrected chi connectivity index (χ2v) is 26.9. The van der Waals surface area contributed by atoms with Gasteiger partial charge < -0.3 is 55.6 Å². The Labute approximate surface area is 510 Å². The molecule has 0 bridgehead atoms. The second kappa shape index (κ2) is 33.5. The highest BCUT2D eigenvalue weighted by atomic mass is 35.5. The largest absolute Gasteiger partial charge is 0.351 e. The molecule has 0 aromatic carbocycles. The van der Waals surface area contributed by atoms with Gasteiger partial charge >= 0.3 is 0 Å². The SMILES string of the molecule is CC[C@H](C)[C@@H]1NC(=O)[C@H](C)N(C)C(=O)C[C@@H](C)NC(=O)[C@H](CC(C)C)N(C)C(=O)C(C)(C)NC(=O)[C@H](CC(C)C)N(C)C(=O)[C@H](CCC2CCC(F)CC2)NC(=O)CN(C)C(=O)[C@H](CC2CCC(Cl)CC2)N(C)C(=O)CN(C)C(=O)CN(C)C1=O. The zero-order chi connectivity index (χ0) is 64.5. The molecular weight excluding hydrogens is 1120 g/mol. The fourth-order valence-corrected chi connectivity index (χ4v) is 11.8. The van der Waals surface area contributed by atoms with Gasteiger partial charge in [-0.1, -0.05) is 48.0 Å². The summed E-state index contributed by atoms with van der Waals surface area (Å²) < 4.78 is 14.3. The minimum Gasteiger partial charge on any atom is -0.351 e. The molecule has 8 atom stereocenters. The van der Waals surface area contributed by atoms with Crippen molar-refractivity contribution in [3.8, 4) is 0 Å². The summed E-state index contributed by atoms with van der Waals surface area (Å²) >= 11 is 6.47. The van der Waals surface area contributed by atoms with Crippen LogP contribution in [0.2, 0.25) is 0 Å². The lowest BCUT2D eigenvalue weighted by Crippen LogP contribution is -2.63. The molecule has 24 heteroatoms. The second-order valence-electron chi connectivity index (χ2n) is 26.3. The number of hydrogen-bond acceptors (Lipinski definition) is 11. The summed E-state index contributed by atoms with van der Waals surface area (Å²) in [6, 6.07) is -7.48. The van der Waals surface area contributed by atoms with Gasteiger partial charge in [-0.15, -0.1) is 11.6 Å². The van der Waals surface area contributed by atoms with Crippen LogP contribution < -0.4 is 21.3 Å². The standard InChI is InChI=1S/C61H105ClFN11O11/c1-18-38(6)53-59(84)70(13)34-51(77)68(11)35-52(78)72(15)48(32-42-19-24-43(62)25-20-42)58(83)69(12)33-49(75)65-45(28-23-41-21-26-44(63)27-22-41)57(82)73(16)47(30-37(4)5)56(81)67-61(9,10)60(85)74(17)46(29-36(2)3)55(80)64-39(7)31-50(76)71(14)40(8)54(79)66-53/h36-48,53H,18-35H2,1-17H3,(H,64,80)(H,65,75)(H,66,79)(H,67,81)/t38-,39+,40-,41?,42?,43?,44?,45-,46-,47-,48-,53-/m0/s1. The zero-order valence-electron chi connectivity index (χ0n) is 54.2. The molecular formula is C61H105ClFN11O11. The van der Waals surface area contributed by atoms with Gasteiger partial charge in [-0.2, -0.15) is 0 Å². The predicted octanol–water partition coefficient (Wildman–Crippen LogP) is 4.10. The summed E-state index contributed by atoms with van der Waals surface area (Å²) in [7, 11) is 10.0. The molecule has 3 fully saturated rings. The van der Waals surface area contributed by atoms with Gasteiger partial charge in [0.05, 0.1) is 19.6 Å². The lowest BCUT2D eigenvalue weighted by Gasteiger charge is -2.38. The molecule has 2 saturated carbocycles. The van der Waals surface area contributed by atoms with Gasteiger partial charge in [-0.3, -0.25) is 52.7 Å². The van der Waals surface area contributed by atoms with Gasteiger partial charge in [-0.05, 0) is 141 Å². The van der Waals surface area contributed by atoms with E-state index in [1.165, 1.54) is 94.6 Å². The number of alkyl halides is 2. The van der Waals surface area contributed by atoms with Crippen LogP contribution in [0.5, 0.6) is 0 Å². The first kappa shape index (κ1) is 73.6. The van der Waals surface area contributed by atoms with E-state index in [1.807, 2.05) is 34.6 Å². The number of carbonyl (C=O) groups is 11. The summed E-state index contributed by atoms with van der Waals surface area (Å²) in [5.41, 5.74) is -1.64. The molecule has 22 nitrogen and oxygen atoms in total. The van der Waals surface area contributed by atoms with Gasteiger partial charge in [0.2, 0.25) is 65.0 Å². The molecule has 0 aromatic heterocycles. The van der Waals surface area contributed by atoms with Crippen molar-refractivity contribution in [2.24, 2.45) is 29.6 Å². The average Bonchev–Trinajstić information content (AvgIpc) is 3.63. The third-order valence-electron chi connectivity index (χ3n) is 17.6. The third-order valence-corrected chi connectivity index (χ3v) is 18.1. The number of carbonyl (C=O) groups excluding carboxylic acids is 11. The summed E-state index contributed by atoms with van der Waals surface area (Å²) in [6.07, 6.45) is 5.20. The Morgan fingerprint density at radius 1 is 0.553 bits per heavy atom. The van der Waals surface area contributed by atoms with Crippen LogP contribution in [0.3, 0.4) is 0 Å². The van der Waals surface area contributed by atoms with Crippen molar-refractivity contribution in [2.75, 3.05) is 69.0 Å². The molecule has 0 aromatic rings. The maximum Gasteiger partial charge on any atom is 0.248 e. The van der Waals surface area contributed by atoms with Crippen molar-refractivity contribution in [1.29, 1.82) is 0 Å². The summed E-state index contributed by atoms with van der Waals surface area (Å²) in [6.45, 7) is 15.8. The van der Waals surface area contributed by atoms with Crippen LogP contribution in [-0.4, -0.2) is 228 Å². The van der Waals surface area contributed by atoms with E-state index >= 15 is 0 Å². The first-order valence-electron chi connectivity index (χ1n) is 30.8. The Bertz CT molecular complexity index is 2330. The third kappa shape index (κ3) is 21.9. The predicted molar refractivity (Wildman–Crippen MR) is 324 cm³/mol. The van der Waals surface area contributed by atoms with E-state index in [4.69, 9.17) is 11.6 Å². The van der Waals surface area contributed by atoms with Crippen LogP contribution in [0.1, 0.15) is 166 Å². The van der Waals surface area contributed by atoms with E-state index in [-0.39, 0.29) is 61.2 Å². The Morgan fingerprint density at radius 2 is 1.08 bits per heavy atom. The first-order valence-corrected chi connectivity index (χ1v) is 31.2. The number of rotatable bonds is 11. The molecule has 1 heterocycles. The lowest BCUT2D eigenvalue weighted by molar-refractivity contribution is -0.149. The highest BCUT2D eigenvalue weighted by Crippen LogP contribution is 2.33. The number of halogens is 2. The maximum absolute atomic E-state index is 14.9. The van der Waals surface area contributed by atoms with Crippen molar-refractivity contribution in [3.05, 3.63) is 0 Å². The summed E-state index contributed by atoms with van der Waals surface area (Å²) in [4.78, 5) is 166. The summed E-state index contributed by atoms with van der Waals surface area (Å²) in [5, 5.41) is 11.3. The Hall–Kier alpha value is -5.61. The topological polar surface area (TPSA) is 259 Å². The fraction of sp³-hybridized carbons (Fsp3) is 0.820. The molecule has 0 unspecified atom stereocenters. The number of nitrogens with one attached hydrogen (secondary N) is 4. The number of likely N-dealkylation sites (N-methyl/N-ethyl adjacent to an activating group) is 7. The van der Waals surface area contributed by atoms with Gasteiger partial charge in [0, 0.05) is 67.2 Å². The van der Waals surface area contributed by atoms with Crippen molar-refractivity contribution < 1.29 is 57.1 Å². The Morgan fingerprint density at radius 3 is 1.64 bits per heavy atom. The van der Waals surface area contributed by atoms with E-state index < -0.39 is 145 Å². The quantitative estimate of drug-likeness (QED) is 0.214. The van der Waals surface area contributed by atoms with Crippen molar-refractivity contribution in [2.45, 2.75) is 225 Å². The van der Waals surface area contributed by atoms with Gasteiger partial charge in [0.25, 0.3) is 0 Å². The van der Waals surface area contributed by atoms with Crippen molar-refractivity contribution >= 4 is 76.6 Å². The minimum absolute atomic E-state index is 0.00770. The number of amides is 11. The van der Waals surface area contributed by atoms with E-state index in [1.54, 1.807) is 13.8 Å². The van der Waals surface area contributed by atoms with Crippen LogP contribution in [0.15, 0.2) is 0 Å². The van der Waals surface area contributed by atoms with Crippen molar-refractivity contribution in [3.63, 3.8) is 0 Å². The molecule has 3 aliphatic rings. The van der Waals surface area contributed by atoms with Gasteiger partial charge in [0.1, 0.15) is 48.0 Å². The summed E-state index contributed by atoms with van der Waals surface area (Å²) in [5.74, 6) is -7.25. The monoisotopic (exact) mass is 1220 g/mol. The molecule has 4 N–H and O–H groups in total. The van der Waals surface area contributed by atoms with Crippen LogP contribution in [0, 0.1) is 29.6 Å². The lowest BCUT2D eigenvalue weighted by atomic mass is 9.84. The van der Waals surface area contributed by atoms with Gasteiger partial charge in [0.15, 0.2) is 0 Å². The maximum atomic E-state index is 14.9. The van der Waals surface area contributed by atoms with Crippen LogP contribution in [-0.2, 0) is 52.7 Å². The Kier molecular flexibility index (Phi) is 29.0. The van der Waals surface area contributed by atoms with E-state index in [0.29, 0.717) is 64.2 Å². The zero-order valence-corrected chi connectivity index (χ0v) is 54.9. The van der Waals surface area contributed by atoms with Crippen molar-refractivity contribution in [1.82, 2.24) is 55.6 Å². The highest BCUT2D eigenvalue weighted by Gasteiger charge is 2.43. The van der Waals surface area contributed by atoms with Gasteiger partial charge in [-0.25, -0.2) is 4.39 Å².